The number of ether oxygens (including phenoxy) is 3. The van der Waals surface area contributed by atoms with Crippen LogP contribution in [0.5, 0.6) is 5.75 Å². The monoisotopic (exact) mass is 477 g/mol. The Morgan fingerprint density at radius 1 is 1.16 bits per heavy atom. The van der Waals surface area contributed by atoms with Gasteiger partial charge >= 0.3 is 5.97 Å². The van der Waals surface area contributed by atoms with Crippen LogP contribution in [0, 0.1) is 5.82 Å². The lowest BCUT2D eigenvalue weighted by Crippen LogP contribution is -2.20. The molecule has 0 saturated heterocycles. The number of primary sulfonamides is 1. The predicted octanol–water partition coefficient (Wildman–Crippen LogP) is 4.09. The molecule has 0 unspecified atom stereocenters. The Balaban J connectivity index is 1.56. The number of benzene rings is 3. The minimum atomic E-state index is -4.13. The van der Waals surface area contributed by atoms with Crippen molar-refractivity contribution >= 4 is 27.6 Å². The first-order valence-corrected chi connectivity index (χ1v) is 11.3. The minimum absolute atomic E-state index is 0.0740. The molecule has 10 heteroatoms. The molecule has 1 aliphatic rings. The van der Waals surface area contributed by atoms with Crippen LogP contribution in [0.4, 0.5) is 4.39 Å². The van der Waals surface area contributed by atoms with Crippen LogP contribution in [0.2, 0.25) is 5.02 Å². The summed E-state index contributed by atoms with van der Waals surface area (Å²) in [6.07, 6.45) is -0.697. The summed E-state index contributed by atoms with van der Waals surface area (Å²) in [6.45, 7) is -0.198. The Bertz CT molecular complexity index is 1280. The number of sulfonamides is 1. The number of rotatable bonds is 5. The number of carbonyl (C=O) groups excluding carboxylic acids is 1. The maximum atomic E-state index is 14.1. The molecular weight excluding hydrogens is 461 g/mol. The molecule has 0 amide bonds. The average Bonchev–Trinajstić information content (AvgIpc) is 2.77. The van der Waals surface area contributed by atoms with Gasteiger partial charge in [-0.3, -0.25) is 0 Å². The number of nitrogens with two attached hydrogens (primary N) is 1. The van der Waals surface area contributed by atoms with E-state index in [9.17, 15) is 17.6 Å². The fourth-order valence-electron chi connectivity index (χ4n) is 3.23. The molecule has 0 radical (unpaired) electrons. The van der Waals surface area contributed by atoms with Crippen LogP contribution < -0.4 is 9.88 Å². The van der Waals surface area contributed by atoms with Crippen molar-refractivity contribution in [2.75, 3.05) is 0 Å². The maximum absolute atomic E-state index is 14.1. The summed E-state index contributed by atoms with van der Waals surface area (Å²) in [5.74, 6) is -1.01. The second-order valence-electron chi connectivity index (χ2n) is 6.99. The van der Waals surface area contributed by atoms with E-state index in [2.05, 4.69) is 0 Å². The lowest BCUT2D eigenvalue weighted by Gasteiger charge is -2.28. The topological polar surface area (TPSA) is 105 Å². The van der Waals surface area contributed by atoms with Gasteiger partial charge in [0.25, 0.3) is 0 Å². The Labute approximate surface area is 188 Å². The van der Waals surface area contributed by atoms with Crippen molar-refractivity contribution in [2.45, 2.75) is 24.4 Å². The van der Waals surface area contributed by atoms with Gasteiger partial charge in [0.15, 0.2) is 0 Å². The molecule has 32 heavy (non-hydrogen) atoms. The molecule has 3 aromatic rings. The Morgan fingerprint density at radius 3 is 2.62 bits per heavy atom. The first-order chi connectivity index (χ1) is 15.2. The van der Waals surface area contributed by atoms with Gasteiger partial charge in [0.2, 0.25) is 16.3 Å². The summed E-state index contributed by atoms with van der Waals surface area (Å²) < 4.78 is 54.2. The van der Waals surface area contributed by atoms with E-state index in [4.69, 9.17) is 31.0 Å². The number of fused-ring (bicyclic) bond motifs is 1. The van der Waals surface area contributed by atoms with E-state index in [0.29, 0.717) is 16.9 Å². The third-order valence-corrected chi connectivity index (χ3v) is 6.12. The third-order valence-electron chi connectivity index (χ3n) is 4.73. The third kappa shape index (κ3) is 4.76. The highest BCUT2D eigenvalue weighted by Crippen LogP contribution is 2.37. The van der Waals surface area contributed by atoms with Crippen molar-refractivity contribution in [3.8, 4) is 5.75 Å². The van der Waals surface area contributed by atoms with E-state index in [1.165, 1.54) is 24.3 Å². The Kier molecular flexibility index (Phi) is 6.16. The predicted molar refractivity (Wildman–Crippen MR) is 113 cm³/mol. The Hall–Kier alpha value is -2.98. The standard InChI is InChI=1S/C22H17ClFNO6S/c23-18-7-6-14(10-19(18)32(25,27)28)21(26)29-11-15-8-17(24)9-16-12-30-22(31-20(15)16)13-4-2-1-3-5-13/h1-10,22H,11-12H2,(H2,25,27,28)/t22-/m1/s1. The highest BCUT2D eigenvalue weighted by Gasteiger charge is 2.26. The van der Waals surface area contributed by atoms with Gasteiger partial charge in [-0.05, 0) is 30.3 Å². The van der Waals surface area contributed by atoms with Crippen molar-refractivity contribution < 1.29 is 31.8 Å². The molecule has 1 aliphatic heterocycles. The molecule has 0 fully saturated rings. The number of esters is 1. The smallest absolute Gasteiger partial charge is 0.338 e. The van der Waals surface area contributed by atoms with Crippen LogP contribution in [0.3, 0.4) is 0 Å². The van der Waals surface area contributed by atoms with Crippen molar-refractivity contribution in [1.82, 2.24) is 0 Å². The fraction of sp³-hybridized carbons (Fsp3) is 0.136. The zero-order valence-electron chi connectivity index (χ0n) is 16.5. The van der Waals surface area contributed by atoms with Gasteiger partial charge in [-0.2, -0.15) is 0 Å². The summed E-state index contributed by atoms with van der Waals surface area (Å²) >= 11 is 5.84. The molecule has 0 saturated carbocycles. The molecule has 2 N–H and O–H groups in total. The normalized spacial score (nSPS) is 15.5. The van der Waals surface area contributed by atoms with Crippen LogP contribution in [-0.2, 0) is 32.7 Å². The molecule has 0 aliphatic carbocycles. The summed E-state index contributed by atoms with van der Waals surface area (Å²) in [7, 11) is -4.13. The maximum Gasteiger partial charge on any atom is 0.338 e. The number of carbonyl (C=O) groups is 1. The van der Waals surface area contributed by atoms with Gasteiger partial charge in [-0.25, -0.2) is 22.7 Å². The first-order valence-electron chi connectivity index (χ1n) is 9.36. The lowest BCUT2D eigenvalue weighted by molar-refractivity contribution is -0.112. The summed E-state index contributed by atoms with van der Waals surface area (Å²) in [4.78, 5) is 12.1. The van der Waals surface area contributed by atoms with Gasteiger partial charge in [-0.1, -0.05) is 41.9 Å². The molecule has 1 heterocycles. The van der Waals surface area contributed by atoms with E-state index < -0.39 is 33.0 Å². The molecule has 0 aromatic heterocycles. The minimum Gasteiger partial charge on any atom is -0.460 e. The molecule has 3 aromatic carbocycles. The highest BCUT2D eigenvalue weighted by molar-refractivity contribution is 7.89. The van der Waals surface area contributed by atoms with E-state index in [-0.39, 0.29) is 23.8 Å². The summed E-state index contributed by atoms with van der Waals surface area (Å²) in [6, 6.07) is 15.3. The van der Waals surface area contributed by atoms with Crippen molar-refractivity contribution in [3.63, 3.8) is 0 Å². The average molecular weight is 478 g/mol. The zero-order valence-corrected chi connectivity index (χ0v) is 18.0. The van der Waals surface area contributed by atoms with Gasteiger partial charge in [0.1, 0.15) is 23.1 Å². The second-order valence-corrected chi connectivity index (χ2v) is 8.93. The van der Waals surface area contributed by atoms with Gasteiger partial charge < -0.3 is 14.2 Å². The quantitative estimate of drug-likeness (QED) is 0.555. The number of hydrogen-bond acceptors (Lipinski definition) is 6. The Morgan fingerprint density at radius 2 is 1.91 bits per heavy atom. The van der Waals surface area contributed by atoms with Gasteiger partial charge in [-0.15, -0.1) is 0 Å². The van der Waals surface area contributed by atoms with Crippen LogP contribution in [-0.4, -0.2) is 14.4 Å². The van der Waals surface area contributed by atoms with E-state index in [1.54, 1.807) is 0 Å². The molecule has 0 bridgehead atoms. The SMILES string of the molecule is NS(=O)(=O)c1cc(C(=O)OCc2cc(F)cc3c2O[C@H](c2ccccc2)OC3)ccc1Cl. The fourth-order valence-corrected chi connectivity index (χ4v) is 4.30. The number of hydrogen-bond donors (Lipinski definition) is 1. The van der Waals surface area contributed by atoms with Crippen LogP contribution in [0.1, 0.15) is 33.3 Å². The summed E-state index contributed by atoms with van der Waals surface area (Å²) in [5.41, 5.74) is 1.49. The van der Waals surface area contributed by atoms with Gasteiger partial charge in [0, 0.05) is 16.7 Å². The largest absolute Gasteiger partial charge is 0.460 e. The number of halogens is 2. The van der Waals surface area contributed by atoms with Crippen molar-refractivity contribution in [2.24, 2.45) is 5.14 Å². The van der Waals surface area contributed by atoms with Crippen molar-refractivity contribution in [1.29, 1.82) is 0 Å². The van der Waals surface area contributed by atoms with E-state index >= 15 is 0 Å². The molecule has 7 nitrogen and oxygen atoms in total. The molecule has 4 rings (SSSR count). The second kappa shape index (κ2) is 8.87. The first kappa shape index (κ1) is 22.2. The lowest BCUT2D eigenvalue weighted by atomic mass is 10.1. The molecular formula is C22H17ClFNO6S. The molecule has 0 spiro atoms. The summed E-state index contributed by atoms with van der Waals surface area (Å²) in [5, 5.41) is 4.99. The van der Waals surface area contributed by atoms with Crippen molar-refractivity contribution in [3.05, 3.63) is 93.8 Å². The molecule has 166 valence electrons. The van der Waals surface area contributed by atoms with E-state index in [1.807, 2.05) is 30.3 Å². The van der Waals surface area contributed by atoms with Crippen LogP contribution in [0.25, 0.3) is 0 Å². The van der Waals surface area contributed by atoms with Crippen LogP contribution in [0.15, 0.2) is 65.6 Å². The molecule has 1 atom stereocenters. The van der Waals surface area contributed by atoms with Crippen LogP contribution >= 0.6 is 11.6 Å². The van der Waals surface area contributed by atoms with E-state index in [0.717, 1.165) is 11.6 Å². The zero-order chi connectivity index (χ0) is 22.9. The highest BCUT2D eigenvalue weighted by atomic mass is 35.5. The van der Waals surface area contributed by atoms with Gasteiger partial charge in [0.05, 0.1) is 17.2 Å².